The molecular formula is C23H31N2O2+. The van der Waals surface area contributed by atoms with Gasteiger partial charge in [0.25, 0.3) is 0 Å². The van der Waals surface area contributed by atoms with Crippen LogP contribution in [0.5, 0.6) is 0 Å². The number of hydrogen-bond donors (Lipinski definition) is 1. The van der Waals surface area contributed by atoms with Gasteiger partial charge in [0.1, 0.15) is 6.54 Å². The fourth-order valence-electron chi connectivity index (χ4n) is 4.75. The molecule has 0 radical (unpaired) electrons. The lowest BCUT2D eigenvalue weighted by Gasteiger charge is -2.36. The lowest BCUT2D eigenvalue weighted by atomic mass is 9.89. The Morgan fingerprint density at radius 3 is 2.63 bits per heavy atom. The zero-order valence-electron chi connectivity index (χ0n) is 16.1. The zero-order valence-corrected chi connectivity index (χ0v) is 16.1. The van der Waals surface area contributed by atoms with E-state index >= 15 is 0 Å². The fourth-order valence-corrected chi connectivity index (χ4v) is 4.75. The largest absolute Gasteiger partial charge is 0.463 e. The average Bonchev–Trinajstić information content (AvgIpc) is 3.22. The molecule has 0 saturated carbocycles. The molecular weight excluding hydrogens is 336 g/mol. The summed E-state index contributed by atoms with van der Waals surface area (Å²) in [5, 5.41) is 0. The summed E-state index contributed by atoms with van der Waals surface area (Å²) in [6.45, 7) is 4.85. The molecule has 0 aliphatic carbocycles. The van der Waals surface area contributed by atoms with Gasteiger partial charge in [-0.25, -0.2) is 0 Å². The number of nitrogens with one attached hydrogen (secondary N) is 1. The van der Waals surface area contributed by atoms with Gasteiger partial charge in [-0.1, -0.05) is 30.3 Å². The van der Waals surface area contributed by atoms with Crippen molar-refractivity contribution in [2.75, 3.05) is 26.2 Å². The molecule has 4 rings (SSSR count). The van der Waals surface area contributed by atoms with Crippen molar-refractivity contribution in [3.63, 3.8) is 0 Å². The Morgan fingerprint density at radius 1 is 1.07 bits per heavy atom. The molecule has 4 nitrogen and oxygen atoms in total. The Kier molecular flexibility index (Phi) is 5.93. The predicted molar refractivity (Wildman–Crippen MR) is 105 cm³/mol. The number of hydrogen-bond acceptors (Lipinski definition) is 2. The van der Waals surface area contributed by atoms with Crippen molar-refractivity contribution in [2.24, 2.45) is 11.8 Å². The van der Waals surface area contributed by atoms with Crippen LogP contribution >= 0.6 is 0 Å². The molecule has 27 heavy (non-hydrogen) atoms. The first-order valence-corrected chi connectivity index (χ1v) is 10.5. The molecule has 2 saturated heterocycles. The Labute approximate surface area is 162 Å². The third kappa shape index (κ3) is 4.81. The van der Waals surface area contributed by atoms with E-state index in [9.17, 15) is 4.79 Å². The number of rotatable bonds is 5. The highest BCUT2D eigenvalue weighted by Gasteiger charge is 2.33. The Morgan fingerprint density at radius 2 is 1.89 bits per heavy atom. The minimum atomic E-state index is 0.189. The second-order valence-electron chi connectivity index (χ2n) is 8.26. The standard InChI is InChI=1S/C23H30N2O2/c26-23(21-8-4-12-24(17-21)18-22-9-5-15-27-22)25-13-10-20(11-14-25)16-19-6-2-1-3-7-19/h1-3,5-7,9,15,20-21H,4,8,10-14,16-18H2/p+1/t21-/m0/s1. The highest BCUT2D eigenvalue weighted by atomic mass is 16.3. The predicted octanol–water partition coefficient (Wildman–Crippen LogP) is 2.56. The first-order valence-electron chi connectivity index (χ1n) is 10.5. The van der Waals surface area contributed by atoms with Gasteiger partial charge in [-0.05, 0) is 55.7 Å². The summed E-state index contributed by atoms with van der Waals surface area (Å²) in [6, 6.07) is 14.7. The second kappa shape index (κ2) is 8.75. The summed E-state index contributed by atoms with van der Waals surface area (Å²) >= 11 is 0. The maximum atomic E-state index is 13.1. The van der Waals surface area contributed by atoms with Crippen LogP contribution < -0.4 is 4.90 Å². The van der Waals surface area contributed by atoms with Crippen LogP contribution in [0.2, 0.25) is 0 Å². The molecule has 2 fully saturated rings. The van der Waals surface area contributed by atoms with Gasteiger partial charge < -0.3 is 14.2 Å². The minimum Gasteiger partial charge on any atom is -0.463 e. The maximum Gasteiger partial charge on any atom is 0.231 e. The molecule has 2 aromatic rings. The molecule has 1 aromatic carbocycles. The normalized spacial score (nSPS) is 24.1. The van der Waals surface area contributed by atoms with Crippen LogP contribution in [0.15, 0.2) is 53.1 Å². The van der Waals surface area contributed by atoms with E-state index in [0.29, 0.717) is 11.8 Å². The lowest BCUT2D eigenvalue weighted by Crippen LogP contribution is -3.12. The van der Waals surface area contributed by atoms with Gasteiger partial charge in [0, 0.05) is 13.1 Å². The number of piperidine rings is 2. The van der Waals surface area contributed by atoms with E-state index in [1.165, 1.54) is 10.5 Å². The molecule has 4 heteroatoms. The average molecular weight is 368 g/mol. The molecule has 1 N–H and O–H groups in total. The first-order chi connectivity index (χ1) is 13.3. The smallest absolute Gasteiger partial charge is 0.231 e. The molecule has 1 aromatic heterocycles. The van der Waals surface area contributed by atoms with Crippen LogP contribution in [0.25, 0.3) is 0 Å². The number of amides is 1. The summed E-state index contributed by atoms with van der Waals surface area (Å²) in [6.07, 6.45) is 7.34. The molecule has 144 valence electrons. The Hall–Kier alpha value is -2.07. The lowest BCUT2D eigenvalue weighted by molar-refractivity contribution is -0.922. The van der Waals surface area contributed by atoms with Crippen LogP contribution in [0.1, 0.15) is 37.0 Å². The SMILES string of the molecule is O=C([C@H]1CCC[NH+](Cc2ccco2)C1)N1CCC(Cc2ccccc2)CC1. The third-order valence-corrected chi connectivity index (χ3v) is 6.26. The van der Waals surface area contributed by atoms with Crippen molar-refractivity contribution in [3.05, 3.63) is 60.1 Å². The highest BCUT2D eigenvalue weighted by Crippen LogP contribution is 2.23. The summed E-state index contributed by atoms with van der Waals surface area (Å²) < 4.78 is 5.49. The number of nitrogens with zero attached hydrogens (tertiary/aromatic N) is 1. The van der Waals surface area contributed by atoms with Crippen LogP contribution in [0.3, 0.4) is 0 Å². The van der Waals surface area contributed by atoms with Crippen molar-refractivity contribution in [1.82, 2.24) is 4.90 Å². The molecule has 1 amide bonds. The van der Waals surface area contributed by atoms with Crippen molar-refractivity contribution < 1.29 is 14.1 Å². The van der Waals surface area contributed by atoms with E-state index in [0.717, 1.165) is 70.6 Å². The molecule has 1 unspecified atom stereocenters. The van der Waals surface area contributed by atoms with Crippen LogP contribution in [0.4, 0.5) is 0 Å². The zero-order chi connectivity index (χ0) is 18.5. The number of carbonyl (C=O) groups is 1. The van der Waals surface area contributed by atoms with Crippen molar-refractivity contribution in [3.8, 4) is 0 Å². The van der Waals surface area contributed by atoms with Gasteiger partial charge in [-0.2, -0.15) is 0 Å². The van der Waals surface area contributed by atoms with E-state index in [-0.39, 0.29) is 5.92 Å². The number of carbonyl (C=O) groups excluding carboxylic acids is 1. The van der Waals surface area contributed by atoms with Gasteiger partial charge in [0.15, 0.2) is 5.76 Å². The summed E-state index contributed by atoms with van der Waals surface area (Å²) in [5.74, 6) is 2.32. The number of benzene rings is 1. The van der Waals surface area contributed by atoms with E-state index in [1.54, 1.807) is 6.26 Å². The van der Waals surface area contributed by atoms with Gasteiger partial charge >= 0.3 is 0 Å². The van der Waals surface area contributed by atoms with E-state index in [4.69, 9.17) is 4.42 Å². The maximum absolute atomic E-state index is 13.1. The Bertz CT molecular complexity index is 705. The van der Waals surface area contributed by atoms with Gasteiger partial charge in [0.2, 0.25) is 5.91 Å². The quantitative estimate of drug-likeness (QED) is 0.882. The van der Waals surface area contributed by atoms with Crippen molar-refractivity contribution in [1.29, 1.82) is 0 Å². The second-order valence-corrected chi connectivity index (χ2v) is 8.26. The first kappa shape index (κ1) is 18.3. The van der Waals surface area contributed by atoms with Crippen molar-refractivity contribution in [2.45, 2.75) is 38.6 Å². The molecule has 0 spiro atoms. The van der Waals surface area contributed by atoms with Crippen molar-refractivity contribution >= 4 is 5.91 Å². The third-order valence-electron chi connectivity index (χ3n) is 6.26. The van der Waals surface area contributed by atoms with Gasteiger partial charge in [0.05, 0.1) is 25.3 Å². The minimum absolute atomic E-state index is 0.189. The molecule has 0 bridgehead atoms. The Balaban J connectivity index is 1.26. The van der Waals surface area contributed by atoms with E-state index in [2.05, 4.69) is 35.2 Å². The summed E-state index contributed by atoms with van der Waals surface area (Å²) in [5.41, 5.74) is 1.42. The van der Waals surface area contributed by atoms with E-state index < -0.39 is 0 Å². The van der Waals surface area contributed by atoms with Crippen LogP contribution in [0, 0.1) is 11.8 Å². The topological polar surface area (TPSA) is 37.9 Å². The monoisotopic (exact) mass is 367 g/mol. The number of furan rings is 1. The van der Waals surface area contributed by atoms with Crippen LogP contribution in [-0.2, 0) is 17.8 Å². The molecule has 3 heterocycles. The molecule has 2 aliphatic rings. The summed E-state index contributed by atoms with van der Waals surface area (Å²) in [7, 11) is 0. The number of likely N-dealkylation sites (tertiary alicyclic amines) is 2. The van der Waals surface area contributed by atoms with E-state index in [1.807, 2.05) is 12.1 Å². The molecule has 2 aliphatic heterocycles. The van der Waals surface area contributed by atoms with Gasteiger partial charge in [-0.15, -0.1) is 0 Å². The number of quaternary nitrogens is 1. The summed E-state index contributed by atoms with van der Waals surface area (Å²) in [4.78, 5) is 16.7. The highest BCUT2D eigenvalue weighted by molar-refractivity contribution is 5.79. The fraction of sp³-hybridized carbons (Fsp3) is 0.522. The molecule has 2 atom stereocenters. The van der Waals surface area contributed by atoms with Gasteiger partial charge in [-0.3, -0.25) is 4.79 Å². The van der Waals surface area contributed by atoms with Crippen LogP contribution in [-0.4, -0.2) is 37.0 Å².